The van der Waals surface area contributed by atoms with Crippen LogP contribution < -0.4 is 9.64 Å². The van der Waals surface area contributed by atoms with E-state index in [1.54, 1.807) is 7.11 Å². The molecule has 3 heteroatoms. The van der Waals surface area contributed by atoms with Crippen LogP contribution in [0.4, 0.5) is 5.69 Å². The lowest BCUT2D eigenvalue weighted by Crippen LogP contribution is -2.39. The maximum Gasteiger partial charge on any atom is 0.227 e. The zero-order valence-corrected chi connectivity index (χ0v) is 12.3. The van der Waals surface area contributed by atoms with Gasteiger partial charge in [0, 0.05) is 19.0 Å². The number of methoxy groups -OCH3 is 1. The number of anilines is 1. The predicted octanol–water partition coefficient (Wildman–Crippen LogP) is 3.27. The maximum atomic E-state index is 12.4. The van der Waals surface area contributed by atoms with Gasteiger partial charge in [-0.3, -0.25) is 4.79 Å². The Kier molecular flexibility index (Phi) is 4.13. The molecule has 1 amide bonds. The van der Waals surface area contributed by atoms with Crippen molar-refractivity contribution in [2.75, 3.05) is 18.6 Å². The van der Waals surface area contributed by atoms with E-state index >= 15 is 0 Å². The van der Waals surface area contributed by atoms with Gasteiger partial charge in [-0.05, 0) is 29.9 Å². The van der Waals surface area contributed by atoms with Gasteiger partial charge in [0.1, 0.15) is 5.75 Å². The van der Waals surface area contributed by atoms with Gasteiger partial charge in [0.15, 0.2) is 0 Å². The van der Waals surface area contributed by atoms with Crippen molar-refractivity contribution in [1.82, 2.24) is 0 Å². The molecule has 104 valence electrons. The first kappa shape index (κ1) is 13.9. The molecule has 1 aliphatic heterocycles. The minimum Gasteiger partial charge on any atom is -0.497 e. The Morgan fingerprint density at radius 1 is 1.47 bits per heavy atom. The third-order valence-corrected chi connectivity index (χ3v) is 3.53. The van der Waals surface area contributed by atoms with E-state index in [2.05, 4.69) is 26.8 Å². The number of rotatable bonds is 3. The van der Waals surface area contributed by atoms with Crippen LogP contribution in [0.15, 0.2) is 18.2 Å². The summed E-state index contributed by atoms with van der Waals surface area (Å²) in [6.45, 7) is 7.17. The zero-order valence-electron chi connectivity index (χ0n) is 12.3. The van der Waals surface area contributed by atoms with Crippen molar-refractivity contribution in [3.63, 3.8) is 0 Å². The highest BCUT2D eigenvalue weighted by Crippen LogP contribution is 2.33. The normalized spacial score (nSPS) is 18.4. The highest BCUT2D eigenvalue weighted by atomic mass is 16.5. The van der Waals surface area contributed by atoms with Crippen molar-refractivity contribution in [3.8, 4) is 5.75 Å². The second kappa shape index (κ2) is 5.64. The fourth-order valence-corrected chi connectivity index (χ4v) is 2.64. The average Bonchev–Trinajstić information content (AvgIpc) is 2.36. The SMILES string of the molecule is COc1ccc2c(c1)N(C(=O)CC(C)C)CC(C)C2. The Labute approximate surface area is 115 Å². The van der Waals surface area contributed by atoms with Gasteiger partial charge >= 0.3 is 0 Å². The first-order valence-electron chi connectivity index (χ1n) is 6.98. The third kappa shape index (κ3) is 3.09. The van der Waals surface area contributed by atoms with E-state index < -0.39 is 0 Å². The Balaban J connectivity index is 2.33. The molecule has 1 heterocycles. The van der Waals surface area contributed by atoms with E-state index in [4.69, 9.17) is 4.74 Å². The quantitative estimate of drug-likeness (QED) is 0.835. The van der Waals surface area contributed by atoms with Crippen LogP contribution in [0.3, 0.4) is 0 Å². The number of ether oxygens (including phenoxy) is 1. The van der Waals surface area contributed by atoms with Crippen LogP contribution in [0.25, 0.3) is 0 Å². The van der Waals surface area contributed by atoms with Gasteiger partial charge in [0.2, 0.25) is 5.91 Å². The molecule has 0 aromatic heterocycles. The monoisotopic (exact) mass is 261 g/mol. The summed E-state index contributed by atoms with van der Waals surface area (Å²) in [5, 5.41) is 0. The molecule has 19 heavy (non-hydrogen) atoms. The molecule has 1 aliphatic rings. The number of carbonyl (C=O) groups excluding carboxylic acids is 1. The summed E-state index contributed by atoms with van der Waals surface area (Å²) in [6, 6.07) is 6.04. The van der Waals surface area contributed by atoms with Gasteiger partial charge in [0.05, 0.1) is 12.8 Å². The number of nitrogens with zero attached hydrogens (tertiary/aromatic N) is 1. The van der Waals surface area contributed by atoms with Crippen LogP contribution in [-0.2, 0) is 11.2 Å². The molecule has 1 aromatic rings. The molecular weight excluding hydrogens is 238 g/mol. The lowest BCUT2D eigenvalue weighted by atomic mass is 9.93. The Hall–Kier alpha value is -1.51. The van der Waals surface area contributed by atoms with E-state index in [0.29, 0.717) is 18.3 Å². The topological polar surface area (TPSA) is 29.5 Å². The van der Waals surface area contributed by atoms with Crippen LogP contribution in [-0.4, -0.2) is 19.6 Å². The van der Waals surface area contributed by atoms with Crippen molar-refractivity contribution >= 4 is 11.6 Å². The second-order valence-electron chi connectivity index (χ2n) is 5.91. The highest BCUT2D eigenvalue weighted by Gasteiger charge is 2.26. The van der Waals surface area contributed by atoms with Crippen molar-refractivity contribution in [2.24, 2.45) is 11.8 Å². The van der Waals surface area contributed by atoms with Gasteiger partial charge in [0.25, 0.3) is 0 Å². The van der Waals surface area contributed by atoms with Gasteiger partial charge in [-0.25, -0.2) is 0 Å². The van der Waals surface area contributed by atoms with E-state index in [1.165, 1.54) is 5.56 Å². The smallest absolute Gasteiger partial charge is 0.227 e. The van der Waals surface area contributed by atoms with Gasteiger partial charge < -0.3 is 9.64 Å². The summed E-state index contributed by atoms with van der Waals surface area (Å²) < 4.78 is 5.28. The first-order valence-corrected chi connectivity index (χ1v) is 6.98. The fourth-order valence-electron chi connectivity index (χ4n) is 2.64. The largest absolute Gasteiger partial charge is 0.497 e. The van der Waals surface area contributed by atoms with Crippen molar-refractivity contribution in [2.45, 2.75) is 33.6 Å². The summed E-state index contributed by atoms with van der Waals surface area (Å²) in [6.07, 6.45) is 1.63. The first-order chi connectivity index (χ1) is 9.01. The highest BCUT2D eigenvalue weighted by molar-refractivity contribution is 5.95. The zero-order chi connectivity index (χ0) is 14.0. The standard InChI is InChI=1S/C16H23NO2/c1-11(2)7-16(18)17-10-12(3)8-13-5-6-14(19-4)9-15(13)17/h5-6,9,11-12H,7-8,10H2,1-4H3. The molecule has 1 atom stereocenters. The minimum absolute atomic E-state index is 0.219. The van der Waals surface area contributed by atoms with Crippen LogP contribution in [0.2, 0.25) is 0 Å². The molecule has 0 fully saturated rings. The number of carbonyl (C=O) groups is 1. The lowest BCUT2D eigenvalue weighted by molar-refractivity contribution is -0.119. The molecule has 3 nitrogen and oxygen atoms in total. The Bertz CT molecular complexity index is 468. The predicted molar refractivity (Wildman–Crippen MR) is 77.7 cm³/mol. The molecule has 1 aromatic carbocycles. The maximum absolute atomic E-state index is 12.4. The Morgan fingerprint density at radius 3 is 2.84 bits per heavy atom. The molecule has 0 bridgehead atoms. The van der Waals surface area contributed by atoms with Crippen molar-refractivity contribution in [3.05, 3.63) is 23.8 Å². The number of fused-ring (bicyclic) bond motifs is 1. The van der Waals surface area contributed by atoms with E-state index in [-0.39, 0.29) is 5.91 Å². The molecule has 1 unspecified atom stereocenters. The van der Waals surface area contributed by atoms with Crippen molar-refractivity contribution < 1.29 is 9.53 Å². The molecule has 0 N–H and O–H groups in total. The summed E-state index contributed by atoms with van der Waals surface area (Å²) in [5.74, 6) is 1.93. The van der Waals surface area contributed by atoms with E-state index in [9.17, 15) is 4.79 Å². The summed E-state index contributed by atoms with van der Waals surface area (Å²) in [4.78, 5) is 14.3. The molecule has 0 aliphatic carbocycles. The summed E-state index contributed by atoms with van der Waals surface area (Å²) >= 11 is 0. The molecule has 0 radical (unpaired) electrons. The molecular formula is C16H23NO2. The van der Waals surface area contributed by atoms with Crippen molar-refractivity contribution in [1.29, 1.82) is 0 Å². The van der Waals surface area contributed by atoms with Crippen LogP contribution in [0, 0.1) is 11.8 Å². The number of hydrogen-bond acceptors (Lipinski definition) is 2. The van der Waals surface area contributed by atoms with Gasteiger partial charge in [-0.1, -0.05) is 26.8 Å². The number of hydrogen-bond donors (Lipinski definition) is 0. The molecule has 2 rings (SSSR count). The summed E-state index contributed by atoms with van der Waals surface area (Å²) in [7, 11) is 1.66. The lowest BCUT2D eigenvalue weighted by Gasteiger charge is -2.34. The molecule has 0 saturated heterocycles. The summed E-state index contributed by atoms with van der Waals surface area (Å²) in [5.41, 5.74) is 2.28. The van der Waals surface area contributed by atoms with E-state index in [0.717, 1.165) is 24.4 Å². The third-order valence-electron chi connectivity index (χ3n) is 3.53. The van der Waals surface area contributed by atoms with Gasteiger partial charge in [-0.15, -0.1) is 0 Å². The number of amides is 1. The van der Waals surface area contributed by atoms with E-state index in [1.807, 2.05) is 17.0 Å². The molecule has 0 saturated carbocycles. The fraction of sp³-hybridized carbons (Fsp3) is 0.562. The molecule has 0 spiro atoms. The average molecular weight is 261 g/mol. The van der Waals surface area contributed by atoms with Gasteiger partial charge in [-0.2, -0.15) is 0 Å². The minimum atomic E-state index is 0.219. The van der Waals surface area contributed by atoms with Crippen LogP contribution >= 0.6 is 0 Å². The van der Waals surface area contributed by atoms with Crippen LogP contribution in [0.5, 0.6) is 5.75 Å². The second-order valence-corrected chi connectivity index (χ2v) is 5.91. The van der Waals surface area contributed by atoms with Crippen LogP contribution in [0.1, 0.15) is 32.8 Å². The Morgan fingerprint density at radius 2 is 2.21 bits per heavy atom. The number of benzene rings is 1.